The number of carboxylic acid groups (broad SMARTS) is 1. The van der Waals surface area contributed by atoms with E-state index in [0.29, 0.717) is 0 Å². The van der Waals surface area contributed by atoms with Crippen LogP contribution in [0, 0.1) is 0 Å². The number of hydrogen-bond acceptors (Lipinski definition) is 3. The van der Waals surface area contributed by atoms with Gasteiger partial charge in [0, 0.05) is 4.47 Å². The van der Waals surface area contributed by atoms with Gasteiger partial charge in [-0.05, 0) is 42.5 Å². The molecule has 0 radical (unpaired) electrons. The molecule has 2 aromatic rings. The average molecular weight is 391 g/mol. The number of anilines is 1. The number of halogens is 2. The molecule has 0 spiro atoms. The molecule has 0 aliphatic rings. The smallest absolute Gasteiger partial charge is 0.335 e. The molecule has 0 saturated carbocycles. The zero-order valence-corrected chi connectivity index (χ0v) is 13.5. The molecule has 2 N–H and O–H groups in total. The number of nitrogens with one attached hydrogen (secondary N) is 1. The molecular weight excluding hydrogens is 382 g/mol. The van der Waals surface area contributed by atoms with E-state index in [2.05, 4.69) is 20.7 Å². The van der Waals surface area contributed by atoms with Crippen LogP contribution < -0.4 is 4.72 Å². The number of carboxylic acids is 1. The molecule has 0 aliphatic carbocycles. The van der Waals surface area contributed by atoms with Gasteiger partial charge in [0.2, 0.25) is 0 Å². The maximum Gasteiger partial charge on any atom is 0.335 e. The molecule has 0 fully saturated rings. The van der Waals surface area contributed by atoms with Gasteiger partial charge in [0.15, 0.2) is 0 Å². The molecule has 0 bridgehead atoms. The topological polar surface area (TPSA) is 83.5 Å². The maximum atomic E-state index is 12.2. The summed E-state index contributed by atoms with van der Waals surface area (Å²) in [7, 11) is -3.79. The summed E-state index contributed by atoms with van der Waals surface area (Å²) in [6.45, 7) is 0. The standard InChI is InChI=1S/C13H9BrClNO4S/c14-9-2-4-10(5-3-9)21(19,20)16-12-6-1-8(13(17)18)7-11(12)15/h1-7,16H,(H,17,18). The number of carbonyl (C=O) groups is 1. The summed E-state index contributed by atoms with van der Waals surface area (Å²) in [5.41, 5.74) is 0.0937. The fourth-order valence-electron chi connectivity index (χ4n) is 1.55. The van der Waals surface area contributed by atoms with Crippen molar-refractivity contribution in [3.05, 3.63) is 57.5 Å². The molecule has 0 aliphatic heterocycles. The predicted octanol–water partition coefficient (Wildman–Crippen LogP) is 3.60. The third-order valence-electron chi connectivity index (χ3n) is 2.58. The molecular formula is C13H9BrClNO4S. The minimum atomic E-state index is -3.79. The third-order valence-corrected chi connectivity index (χ3v) is 4.81. The van der Waals surface area contributed by atoms with Gasteiger partial charge in [0.05, 0.1) is 21.2 Å². The number of benzene rings is 2. The molecule has 0 unspecified atom stereocenters. The van der Waals surface area contributed by atoms with E-state index in [1.165, 1.54) is 30.3 Å². The Hall–Kier alpha value is -1.57. The zero-order valence-electron chi connectivity index (χ0n) is 10.4. The lowest BCUT2D eigenvalue weighted by Gasteiger charge is -2.10. The number of hydrogen-bond donors (Lipinski definition) is 2. The Labute approximate surface area is 134 Å². The van der Waals surface area contributed by atoms with Crippen molar-refractivity contribution in [2.45, 2.75) is 4.90 Å². The Morgan fingerprint density at radius 1 is 1.14 bits per heavy atom. The molecule has 2 rings (SSSR count). The molecule has 0 aromatic heterocycles. The summed E-state index contributed by atoms with van der Waals surface area (Å²) in [6.07, 6.45) is 0. The predicted molar refractivity (Wildman–Crippen MR) is 83.4 cm³/mol. The van der Waals surface area contributed by atoms with E-state index in [1.54, 1.807) is 12.1 Å². The Balaban J connectivity index is 2.32. The number of sulfonamides is 1. The molecule has 0 atom stereocenters. The maximum absolute atomic E-state index is 12.2. The highest BCUT2D eigenvalue weighted by molar-refractivity contribution is 9.10. The third kappa shape index (κ3) is 3.75. The van der Waals surface area contributed by atoms with Crippen molar-refractivity contribution in [1.82, 2.24) is 0 Å². The van der Waals surface area contributed by atoms with Gasteiger partial charge in [-0.25, -0.2) is 13.2 Å². The second-order valence-corrected chi connectivity index (χ2v) is 7.06. The van der Waals surface area contributed by atoms with E-state index in [0.717, 1.165) is 4.47 Å². The van der Waals surface area contributed by atoms with Crippen LogP contribution in [-0.4, -0.2) is 19.5 Å². The van der Waals surface area contributed by atoms with Gasteiger partial charge >= 0.3 is 5.97 Å². The largest absolute Gasteiger partial charge is 0.478 e. The first-order valence-electron chi connectivity index (χ1n) is 5.61. The van der Waals surface area contributed by atoms with Crippen molar-refractivity contribution in [1.29, 1.82) is 0 Å². The van der Waals surface area contributed by atoms with E-state index in [4.69, 9.17) is 16.7 Å². The van der Waals surface area contributed by atoms with E-state index in [-0.39, 0.29) is 21.2 Å². The summed E-state index contributed by atoms with van der Waals surface area (Å²) in [6, 6.07) is 9.84. The van der Waals surface area contributed by atoms with Gasteiger partial charge in [-0.2, -0.15) is 0 Å². The van der Waals surface area contributed by atoms with Gasteiger partial charge in [0.1, 0.15) is 0 Å². The summed E-state index contributed by atoms with van der Waals surface area (Å²) < 4.78 is 27.4. The minimum absolute atomic E-state index is 0.00980. The van der Waals surface area contributed by atoms with Gasteiger partial charge in [-0.15, -0.1) is 0 Å². The first-order chi connectivity index (χ1) is 9.79. The van der Waals surface area contributed by atoms with Crippen LogP contribution in [0.5, 0.6) is 0 Å². The fourth-order valence-corrected chi connectivity index (χ4v) is 3.18. The van der Waals surface area contributed by atoms with Gasteiger partial charge < -0.3 is 5.11 Å². The summed E-state index contributed by atoms with van der Waals surface area (Å²) in [5, 5.41) is 8.84. The first kappa shape index (κ1) is 15.8. The van der Waals surface area contributed by atoms with Crippen LogP contribution in [0.3, 0.4) is 0 Å². The Kier molecular flexibility index (Phi) is 4.55. The second kappa shape index (κ2) is 6.05. The summed E-state index contributed by atoms with van der Waals surface area (Å²) in [5.74, 6) is -1.14. The van der Waals surface area contributed by atoms with Gasteiger partial charge in [-0.1, -0.05) is 27.5 Å². The number of aromatic carboxylic acids is 1. The second-order valence-electron chi connectivity index (χ2n) is 4.06. The van der Waals surface area contributed by atoms with Gasteiger partial charge in [0.25, 0.3) is 10.0 Å². The molecule has 0 amide bonds. The van der Waals surface area contributed by atoms with Crippen LogP contribution >= 0.6 is 27.5 Å². The van der Waals surface area contributed by atoms with Crippen molar-refractivity contribution >= 4 is 49.2 Å². The van der Waals surface area contributed by atoms with Crippen LogP contribution in [0.1, 0.15) is 10.4 Å². The molecule has 5 nitrogen and oxygen atoms in total. The van der Waals surface area contributed by atoms with Crippen LogP contribution in [0.15, 0.2) is 51.8 Å². The first-order valence-corrected chi connectivity index (χ1v) is 8.26. The van der Waals surface area contributed by atoms with Crippen molar-refractivity contribution in [2.75, 3.05) is 4.72 Å². The fraction of sp³-hybridized carbons (Fsp3) is 0. The van der Waals surface area contributed by atoms with Crippen LogP contribution in [0.4, 0.5) is 5.69 Å². The monoisotopic (exact) mass is 389 g/mol. The molecule has 110 valence electrons. The molecule has 0 saturated heterocycles. The highest BCUT2D eigenvalue weighted by Crippen LogP contribution is 2.26. The van der Waals surface area contributed by atoms with Crippen LogP contribution in [0.2, 0.25) is 5.02 Å². The number of rotatable bonds is 4. The zero-order chi connectivity index (χ0) is 15.6. The SMILES string of the molecule is O=C(O)c1ccc(NS(=O)(=O)c2ccc(Br)cc2)c(Cl)c1. The lowest BCUT2D eigenvalue weighted by molar-refractivity contribution is 0.0697. The molecule has 2 aromatic carbocycles. The Bertz CT molecular complexity index is 790. The molecule has 8 heteroatoms. The van der Waals surface area contributed by atoms with Crippen LogP contribution in [-0.2, 0) is 10.0 Å². The van der Waals surface area contributed by atoms with Crippen LogP contribution in [0.25, 0.3) is 0 Å². The van der Waals surface area contributed by atoms with Crippen molar-refractivity contribution in [2.24, 2.45) is 0 Å². The van der Waals surface area contributed by atoms with Gasteiger partial charge in [-0.3, -0.25) is 4.72 Å². The highest BCUT2D eigenvalue weighted by Gasteiger charge is 2.16. The van der Waals surface area contributed by atoms with Crippen molar-refractivity contribution in [3.8, 4) is 0 Å². The van der Waals surface area contributed by atoms with Crippen molar-refractivity contribution < 1.29 is 18.3 Å². The van der Waals surface area contributed by atoms with E-state index >= 15 is 0 Å². The normalized spacial score (nSPS) is 11.1. The Morgan fingerprint density at radius 2 is 1.76 bits per heavy atom. The molecule has 0 heterocycles. The van der Waals surface area contributed by atoms with E-state index < -0.39 is 16.0 Å². The van der Waals surface area contributed by atoms with Crippen molar-refractivity contribution in [3.63, 3.8) is 0 Å². The summed E-state index contributed by atoms with van der Waals surface area (Å²) >= 11 is 9.11. The highest BCUT2D eigenvalue weighted by atomic mass is 79.9. The van der Waals surface area contributed by atoms with E-state index in [9.17, 15) is 13.2 Å². The Morgan fingerprint density at radius 3 is 2.29 bits per heavy atom. The lowest BCUT2D eigenvalue weighted by Crippen LogP contribution is -2.13. The summed E-state index contributed by atoms with van der Waals surface area (Å²) in [4.78, 5) is 10.9. The van der Waals surface area contributed by atoms with E-state index in [1.807, 2.05) is 0 Å². The quantitative estimate of drug-likeness (QED) is 0.835. The average Bonchev–Trinajstić information content (AvgIpc) is 2.41. The minimum Gasteiger partial charge on any atom is -0.478 e. The lowest BCUT2D eigenvalue weighted by atomic mass is 10.2. The molecule has 21 heavy (non-hydrogen) atoms.